The molecule has 106 valence electrons. The van der Waals surface area contributed by atoms with E-state index in [2.05, 4.69) is 28.2 Å². The molecule has 2 nitrogen and oxygen atoms in total. The van der Waals surface area contributed by atoms with Gasteiger partial charge in [-0.3, -0.25) is 0 Å². The van der Waals surface area contributed by atoms with Crippen molar-refractivity contribution in [1.29, 1.82) is 0 Å². The third-order valence-corrected chi connectivity index (χ3v) is 4.23. The van der Waals surface area contributed by atoms with E-state index in [0.717, 1.165) is 44.6 Å². The fraction of sp³-hybridized carbons (Fsp3) is 0.600. The predicted octanol–water partition coefficient (Wildman–Crippen LogP) is 4.06. The fourth-order valence-electron chi connectivity index (χ4n) is 2.59. The van der Waals surface area contributed by atoms with Crippen LogP contribution in [0, 0.1) is 11.7 Å². The molecule has 2 atom stereocenters. The Morgan fingerprint density at radius 1 is 1.53 bits per heavy atom. The van der Waals surface area contributed by atoms with Gasteiger partial charge in [-0.05, 0) is 59.4 Å². The van der Waals surface area contributed by atoms with Gasteiger partial charge in [-0.15, -0.1) is 0 Å². The van der Waals surface area contributed by atoms with Crippen molar-refractivity contribution < 1.29 is 9.13 Å². The van der Waals surface area contributed by atoms with Crippen LogP contribution in [0.1, 0.15) is 37.8 Å². The van der Waals surface area contributed by atoms with Gasteiger partial charge in [0.1, 0.15) is 5.82 Å². The van der Waals surface area contributed by atoms with Crippen LogP contribution in [-0.4, -0.2) is 19.8 Å². The zero-order chi connectivity index (χ0) is 13.7. The number of hydrogen-bond acceptors (Lipinski definition) is 2. The van der Waals surface area contributed by atoms with Crippen LogP contribution in [-0.2, 0) is 4.74 Å². The molecular weight excluding hydrogens is 309 g/mol. The molecule has 1 heterocycles. The van der Waals surface area contributed by atoms with Crippen LogP contribution in [0.5, 0.6) is 0 Å². The molecule has 4 heteroatoms. The molecule has 1 aliphatic heterocycles. The lowest BCUT2D eigenvalue weighted by molar-refractivity contribution is 0.0390. The Morgan fingerprint density at radius 2 is 2.37 bits per heavy atom. The Labute approximate surface area is 122 Å². The van der Waals surface area contributed by atoms with E-state index in [1.165, 1.54) is 0 Å². The molecule has 2 rings (SSSR count). The number of hydrogen-bond donors (Lipinski definition) is 1. The maximum atomic E-state index is 13.7. The van der Waals surface area contributed by atoms with Crippen LogP contribution < -0.4 is 5.32 Å². The summed E-state index contributed by atoms with van der Waals surface area (Å²) in [5.74, 6) is 0.235. The highest BCUT2D eigenvalue weighted by molar-refractivity contribution is 9.10. The molecule has 0 radical (unpaired) electrons. The Hall–Kier alpha value is -0.450. The van der Waals surface area contributed by atoms with E-state index in [1.807, 2.05) is 6.07 Å². The molecule has 0 saturated carbocycles. The Morgan fingerprint density at radius 3 is 3.00 bits per heavy atom. The average molecular weight is 330 g/mol. The summed E-state index contributed by atoms with van der Waals surface area (Å²) >= 11 is 3.21. The fourth-order valence-corrected chi connectivity index (χ4v) is 2.84. The van der Waals surface area contributed by atoms with E-state index in [0.29, 0.717) is 10.4 Å². The molecule has 1 aromatic rings. The summed E-state index contributed by atoms with van der Waals surface area (Å²) < 4.78 is 19.8. The summed E-state index contributed by atoms with van der Waals surface area (Å²) in [7, 11) is 0. The lowest BCUT2D eigenvalue weighted by Crippen LogP contribution is -2.34. The van der Waals surface area contributed by atoms with Gasteiger partial charge in [-0.2, -0.15) is 0 Å². The second kappa shape index (κ2) is 7.36. The predicted molar refractivity (Wildman–Crippen MR) is 78.7 cm³/mol. The highest BCUT2D eigenvalue weighted by Crippen LogP contribution is 2.30. The SMILES string of the molecule is CCCNC(c1ccc(Br)c(F)c1)C1CCCOC1. The third-order valence-electron chi connectivity index (χ3n) is 3.58. The van der Waals surface area contributed by atoms with Crippen molar-refractivity contribution in [3.8, 4) is 0 Å². The average Bonchev–Trinajstić information content (AvgIpc) is 2.44. The monoisotopic (exact) mass is 329 g/mol. The van der Waals surface area contributed by atoms with Gasteiger partial charge in [0, 0.05) is 18.6 Å². The quantitative estimate of drug-likeness (QED) is 0.879. The van der Waals surface area contributed by atoms with Crippen LogP contribution in [0.25, 0.3) is 0 Å². The van der Waals surface area contributed by atoms with Crippen molar-refractivity contribution in [2.24, 2.45) is 5.92 Å². The van der Waals surface area contributed by atoms with E-state index in [1.54, 1.807) is 12.1 Å². The van der Waals surface area contributed by atoms with Gasteiger partial charge in [-0.25, -0.2) is 4.39 Å². The molecular formula is C15H21BrFNO. The highest BCUT2D eigenvalue weighted by Gasteiger charge is 2.25. The first-order valence-electron chi connectivity index (χ1n) is 6.98. The molecule has 1 aromatic carbocycles. The molecule has 0 amide bonds. The Bertz CT molecular complexity index is 407. The lowest BCUT2D eigenvalue weighted by Gasteiger charge is -2.31. The van der Waals surface area contributed by atoms with Gasteiger partial charge in [-0.1, -0.05) is 13.0 Å². The zero-order valence-corrected chi connectivity index (χ0v) is 12.9. The first kappa shape index (κ1) is 14.9. The minimum Gasteiger partial charge on any atom is -0.381 e. The van der Waals surface area contributed by atoms with Crippen LogP contribution >= 0.6 is 15.9 Å². The van der Waals surface area contributed by atoms with Gasteiger partial charge in [0.15, 0.2) is 0 Å². The number of halogens is 2. The minimum absolute atomic E-state index is 0.183. The maximum absolute atomic E-state index is 13.7. The molecule has 1 fully saturated rings. The van der Waals surface area contributed by atoms with Crippen molar-refractivity contribution >= 4 is 15.9 Å². The second-order valence-electron chi connectivity index (χ2n) is 5.08. The van der Waals surface area contributed by atoms with Crippen LogP contribution in [0.2, 0.25) is 0 Å². The topological polar surface area (TPSA) is 21.3 Å². The molecule has 0 bridgehead atoms. The summed E-state index contributed by atoms with van der Waals surface area (Å²) in [5.41, 5.74) is 1.02. The van der Waals surface area contributed by atoms with Gasteiger partial charge in [0.2, 0.25) is 0 Å². The van der Waals surface area contributed by atoms with Crippen molar-refractivity contribution in [2.75, 3.05) is 19.8 Å². The molecule has 0 aliphatic carbocycles. The summed E-state index contributed by atoms with van der Waals surface area (Å²) in [5, 5.41) is 3.54. The van der Waals surface area contributed by atoms with E-state index >= 15 is 0 Å². The molecule has 0 spiro atoms. The number of rotatable bonds is 5. The van der Waals surface area contributed by atoms with Crippen molar-refractivity contribution in [1.82, 2.24) is 5.32 Å². The van der Waals surface area contributed by atoms with Gasteiger partial charge in [0.25, 0.3) is 0 Å². The van der Waals surface area contributed by atoms with Crippen molar-refractivity contribution in [3.63, 3.8) is 0 Å². The molecule has 0 aromatic heterocycles. The summed E-state index contributed by atoms with van der Waals surface area (Å²) in [4.78, 5) is 0. The van der Waals surface area contributed by atoms with Gasteiger partial charge >= 0.3 is 0 Å². The second-order valence-corrected chi connectivity index (χ2v) is 5.94. The Balaban J connectivity index is 2.17. The summed E-state index contributed by atoms with van der Waals surface area (Å²) in [6.07, 6.45) is 3.30. The van der Waals surface area contributed by atoms with E-state index < -0.39 is 0 Å². The normalized spacial score (nSPS) is 21.3. The van der Waals surface area contributed by atoms with Crippen LogP contribution in [0.4, 0.5) is 4.39 Å². The van der Waals surface area contributed by atoms with E-state index in [-0.39, 0.29) is 11.9 Å². The number of ether oxygens (including phenoxy) is 1. The number of nitrogens with one attached hydrogen (secondary N) is 1. The van der Waals surface area contributed by atoms with Crippen LogP contribution in [0.3, 0.4) is 0 Å². The standard InChI is InChI=1S/C15H21BrFNO/c1-2-7-18-15(12-4-3-8-19-10-12)11-5-6-13(16)14(17)9-11/h5-6,9,12,15,18H,2-4,7-8,10H2,1H3. The summed E-state index contributed by atoms with van der Waals surface area (Å²) in [6, 6.07) is 5.60. The third kappa shape index (κ3) is 4.01. The van der Waals surface area contributed by atoms with Gasteiger partial charge < -0.3 is 10.1 Å². The smallest absolute Gasteiger partial charge is 0.137 e. The molecule has 2 unspecified atom stereocenters. The lowest BCUT2D eigenvalue weighted by atomic mass is 9.88. The van der Waals surface area contributed by atoms with Gasteiger partial charge in [0.05, 0.1) is 11.1 Å². The van der Waals surface area contributed by atoms with Crippen molar-refractivity contribution in [3.05, 3.63) is 34.1 Å². The minimum atomic E-state index is -0.197. The maximum Gasteiger partial charge on any atom is 0.137 e. The molecule has 19 heavy (non-hydrogen) atoms. The van der Waals surface area contributed by atoms with E-state index in [4.69, 9.17) is 4.74 Å². The first-order valence-corrected chi connectivity index (χ1v) is 7.77. The highest BCUT2D eigenvalue weighted by atomic mass is 79.9. The van der Waals surface area contributed by atoms with Crippen molar-refractivity contribution in [2.45, 2.75) is 32.2 Å². The molecule has 1 N–H and O–H groups in total. The Kier molecular flexibility index (Phi) is 5.79. The molecule has 1 aliphatic rings. The largest absolute Gasteiger partial charge is 0.381 e. The van der Waals surface area contributed by atoms with E-state index in [9.17, 15) is 4.39 Å². The number of benzene rings is 1. The first-order chi connectivity index (χ1) is 9.22. The molecule has 1 saturated heterocycles. The zero-order valence-electron chi connectivity index (χ0n) is 11.3. The summed E-state index contributed by atoms with van der Waals surface area (Å²) in [6.45, 7) is 4.70. The van der Waals surface area contributed by atoms with Crippen LogP contribution in [0.15, 0.2) is 22.7 Å².